The molecule has 1 aromatic heterocycles. The van der Waals surface area contributed by atoms with Gasteiger partial charge in [0, 0.05) is 23.1 Å². The summed E-state index contributed by atoms with van der Waals surface area (Å²) in [7, 11) is 0. The standard InChI is InChI=1S/C21H16O6/c1-13-2-5-16-15(10-21(23)27-18(16)8-13)11-24-20(22)7-4-14-3-6-17-19(9-14)26-12-25-17/h2-10H,11-12H2,1H3/b7-4+. The Hall–Kier alpha value is -3.54. The summed E-state index contributed by atoms with van der Waals surface area (Å²) in [6.07, 6.45) is 2.96. The molecule has 2 aromatic carbocycles. The molecule has 0 aliphatic carbocycles. The Labute approximate surface area is 154 Å². The SMILES string of the molecule is Cc1ccc2c(COC(=O)/C=C/c3ccc4c(c3)OCO4)cc(=O)oc2c1. The first-order chi connectivity index (χ1) is 13.1. The molecule has 0 saturated carbocycles. The maximum atomic E-state index is 12.0. The fraction of sp³-hybridized carbons (Fsp3) is 0.143. The molecule has 0 radical (unpaired) electrons. The molecule has 0 N–H and O–H groups in total. The Bertz CT molecular complexity index is 1110. The molecule has 1 aliphatic heterocycles. The molecule has 0 atom stereocenters. The summed E-state index contributed by atoms with van der Waals surface area (Å²) >= 11 is 0. The maximum absolute atomic E-state index is 12.0. The van der Waals surface area contributed by atoms with Crippen molar-refractivity contribution in [2.75, 3.05) is 6.79 Å². The molecule has 136 valence electrons. The molecule has 2 heterocycles. The van der Waals surface area contributed by atoms with Crippen LogP contribution in [0.4, 0.5) is 0 Å². The summed E-state index contributed by atoms with van der Waals surface area (Å²) in [6.45, 7) is 2.09. The highest BCUT2D eigenvalue weighted by Crippen LogP contribution is 2.32. The second kappa shape index (κ2) is 6.99. The Morgan fingerprint density at radius 3 is 2.85 bits per heavy atom. The van der Waals surface area contributed by atoms with Gasteiger partial charge in [-0.15, -0.1) is 0 Å². The van der Waals surface area contributed by atoms with Gasteiger partial charge in [0.1, 0.15) is 12.2 Å². The van der Waals surface area contributed by atoms with E-state index in [0.29, 0.717) is 22.6 Å². The summed E-state index contributed by atoms with van der Waals surface area (Å²) in [4.78, 5) is 23.8. The van der Waals surface area contributed by atoms with Gasteiger partial charge in [-0.3, -0.25) is 0 Å². The third-order valence-corrected chi connectivity index (χ3v) is 4.16. The van der Waals surface area contributed by atoms with Crippen LogP contribution in [0.2, 0.25) is 0 Å². The van der Waals surface area contributed by atoms with Crippen LogP contribution in [0.3, 0.4) is 0 Å². The zero-order valence-corrected chi connectivity index (χ0v) is 14.6. The predicted octanol–water partition coefficient (Wildman–Crippen LogP) is 3.59. The second-order valence-electron chi connectivity index (χ2n) is 6.14. The molecular formula is C21H16O6. The van der Waals surface area contributed by atoms with Crippen LogP contribution in [0.1, 0.15) is 16.7 Å². The lowest BCUT2D eigenvalue weighted by Crippen LogP contribution is -2.05. The Morgan fingerprint density at radius 1 is 1.11 bits per heavy atom. The van der Waals surface area contributed by atoms with Crippen molar-refractivity contribution < 1.29 is 23.4 Å². The van der Waals surface area contributed by atoms with Crippen molar-refractivity contribution in [2.24, 2.45) is 0 Å². The number of fused-ring (bicyclic) bond motifs is 2. The first kappa shape index (κ1) is 16.9. The van der Waals surface area contributed by atoms with Crippen molar-refractivity contribution in [2.45, 2.75) is 13.5 Å². The van der Waals surface area contributed by atoms with E-state index in [4.69, 9.17) is 18.6 Å². The summed E-state index contributed by atoms with van der Waals surface area (Å²) < 4.78 is 21.0. The zero-order valence-electron chi connectivity index (χ0n) is 14.6. The van der Waals surface area contributed by atoms with Gasteiger partial charge in [0.25, 0.3) is 0 Å². The molecule has 0 spiro atoms. The van der Waals surface area contributed by atoms with E-state index in [1.807, 2.05) is 25.1 Å². The minimum Gasteiger partial charge on any atom is -0.458 e. The molecule has 3 aromatic rings. The number of carbonyl (C=O) groups is 1. The van der Waals surface area contributed by atoms with Crippen molar-refractivity contribution >= 4 is 23.0 Å². The smallest absolute Gasteiger partial charge is 0.336 e. The van der Waals surface area contributed by atoms with Crippen LogP contribution >= 0.6 is 0 Å². The summed E-state index contributed by atoms with van der Waals surface area (Å²) in [5.41, 5.74) is 2.37. The number of ether oxygens (including phenoxy) is 3. The number of benzene rings is 2. The van der Waals surface area contributed by atoms with E-state index in [9.17, 15) is 9.59 Å². The summed E-state index contributed by atoms with van der Waals surface area (Å²) in [5.74, 6) is 0.809. The third kappa shape index (κ3) is 3.69. The number of hydrogen-bond acceptors (Lipinski definition) is 6. The van der Waals surface area contributed by atoms with E-state index in [1.165, 1.54) is 12.1 Å². The second-order valence-corrected chi connectivity index (χ2v) is 6.14. The summed E-state index contributed by atoms with van der Waals surface area (Å²) in [5, 5.41) is 0.743. The van der Waals surface area contributed by atoms with Crippen molar-refractivity contribution in [1.82, 2.24) is 0 Å². The monoisotopic (exact) mass is 364 g/mol. The van der Waals surface area contributed by atoms with E-state index in [-0.39, 0.29) is 13.4 Å². The number of hydrogen-bond donors (Lipinski definition) is 0. The van der Waals surface area contributed by atoms with Gasteiger partial charge >= 0.3 is 11.6 Å². The van der Waals surface area contributed by atoms with Crippen molar-refractivity contribution in [3.8, 4) is 11.5 Å². The summed E-state index contributed by atoms with van der Waals surface area (Å²) in [6, 6.07) is 12.3. The predicted molar refractivity (Wildman–Crippen MR) is 98.6 cm³/mol. The zero-order chi connectivity index (χ0) is 18.8. The third-order valence-electron chi connectivity index (χ3n) is 4.16. The fourth-order valence-electron chi connectivity index (χ4n) is 2.83. The highest BCUT2D eigenvalue weighted by atomic mass is 16.7. The molecule has 0 bridgehead atoms. The molecule has 0 amide bonds. The molecule has 6 heteroatoms. The molecule has 1 aliphatic rings. The molecule has 6 nitrogen and oxygen atoms in total. The first-order valence-corrected chi connectivity index (χ1v) is 8.36. The Morgan fingerprint density at radius 2 is 1.96 bits per heavy atom. The Kier molecular flexibility index (Phi) is 4.38. The lowest BCUT2D eigenvalue weighted by molar-refractivity contribution is -0.138. The average Bonchev–Trinajstić information content (AvgIpc) is 3.11. The normalized spacial score (nSPS) is 12.6. The quantitative estimate of drug-likeness (QED) is 0.400. The first-order valence-electron chi connectivity index (χ1n) is 8.36. The van der Waals surface area contributed by atoms with Crippen molar-refractivity contribution in [3.63, 3.8) is 0 Å². The number of aryl methyl sites for hydroxylation is 1. The maximum Gasteiger partial charge on any atom is 0.336 e. The topological polar surface area (TPSA) is 75.0 Å². The van der Waals surface area contributed by atoms with Crippen LogP contribution in [-0.4, -0.2) is 12.8 Å². The van der Waals surface area contributed by atoms with Gasteiger partial charge in [-0.05, 0) is 42.3 Å². The van der Waals surface area contributed by atoms with Gasteiger partial charge in [0.2, 0.25) is 6.79 Å². The van der Waals surface area contributed by atoms with Crippen molar-refractivity contribution in [3.05, 3.63) is 75.7 Å². The molecule has 0 saturated heterocycles. The minimum atomic E-state index is -0.513. The van der Waals surface area contributed by atoms with Crippen LogP contribution in [0.15, 0.2) is 57.8 Å². The average molecular weight is 364 g/mol. The van der Waals surface area contributed by atoms with E-state index < -0.39 is 11.6 Å². The molecule has 27 heavy (non-hydrogen) atoms. The highest BCUT2D eigenvalue weighted by Gasteiger charge is 2.12. The molecule has 0 fully saturated rings. The molecular weight excluding hydrogens is 348 g/mol. The lowest BCUT2D eigenvalue weighted by Gasteiger charge is -2.06. The van der Waals surface area contributed by atoms with E-state index in [1.54, 1.807) is 24.3 Å². The minimum absolute atomic E-state index is 0.0184. The van der Waals surface area contributed by atoms with Crippen molar-refractivity contribution in [1.29, 1.82) is 0 Å². The van der Waals surface area contributed by atoms with Crippen LogP contribution in [0, 0.1) is 6.92 Å². The van der Waals surface area contributed by atoms with Gasteiger partial charge in [-0.1, -0.05) is 18.2 Å². The van der Waals surface area contributed by atoms with E-state index in [0.717, 1.165) is 16.5 Å². The van der Waals surface area contributed by atoms with E-state index in [2.05, 4.69) is 0 Å². The van der Waals surface area contributed by atoms with Gasteiger partial charge in [-0.2, -0.15) is 0 Å². The molecule has 0 unspecified atom stereocenters. The largest absolute Gasteiger partial charge is 0.458 e. The van der Waals surface area contributed by atoms with Crippen LogP contribution < -0.4 is 15.1 Å². The highest BCUT2D eigenvalue weighted by molar-refractivity contribution is 5.87. The number of rotatable bonds is 4. The number of esters is 1. The van der Waals surface area contributed by atoms with Gasteiger partial charge in [-0.25, -0.2) is 9.59 Å². The lowest BCUT2D eigenvalue weighted by atomic mass is 10.1. The van der Waals surface area contributed by atoms with Crippen LogP contribution in [-0.2, 0) is 16.1 Å². The fourth-order valence-corrected chi connectivity index (χ4v) is 2.83. The van der Waals surface area contributed by atoms with Gasteiger partial charge in [0.05, 0.1) is 0 Å². The van der Waals surface area contributed by atoms with Gasteiger partial charge in [0.15, 0.2) is 11.5 Å². The molecule has 4 rings (SSSR count). The Balaban J connectivity index is 1.46. The van der Waals surface area contributed by atoms with Crippen LogP contribution in [0.25, 0.3) is 17.0 Å². The van der Waals surface area contributed by atoms with Crippen LogP contribution in [0.5, 0.6) is 11.5 Å². The van der Waals surface area contributed by atoms with Gasteiger partial charge < -0.3 is 18.6 Å². The van der Waals surface area contributed by atoms with E-state index >= 15 is 0 Å². The number of carbonyl (C=O) groups excluding carboxylic acids is 1.